The van der Waals surface area contributed by atoms with Gasteiger partial charge in [0.15, 0.2) is 0 Å². The number of aromatic nitrogens is 2. The Labute approximate surface area is 185 Å². The molecule has 3 heterocycles. The summed E-state index contributed by atoms with van der Waals surface area (Å²) < 4.78 is 15.7. The number of imidazole rings is 1. The van der Waals surface area contributed by atoms with Gasteiger partial charge in [-0.05, 0) is 61.6 Å². The van der Waals surface area contributed by atoms with Crippen molar-refractivity contribution >= 4 is 28.6 Å². The molecule has 0 spiro atoms. The van der Waals surface area contributed by atoms with Crippen LogP contribution in [0.2, 0.25) is 0 Å². The second-order valence-corrected chi connectivity index (χ2v) is 8.17. The average molecular weight is 427 g/mol. The molecule has 1 aliphatic heterocycles. The van der Waals surface area contributed by atoms with Crippen molar-refractivity contribution in [2.75, 3.05) is 19.4 Å². The van der Waals surface area contributed by atoms with Gasteiger partial charge in [0, 0.05) is 36.4 Å². The molecule has 0 saturated heterocycles. The van der Waals surface area contributed by atoms with Gasteiger partial charge in [-0.25, -0.2) is 9.37 Å². The SMILES string of the molecule is CN(C)Cc1ccc(N=C(c2ccc3nccn3c2)C2C(=O)Nc3cc(F)ccc32)cc1. The predicted molar refractivity (Wildman–Crippen MR) is 123 cm³/mol. The Bertz CT molecular complexity index is 1340. The van der Waals surface area contributed by atoms with Gasteiger partial charge < -0.3 is 14.6 Å². The molecule has 4 aromatic rings. The van der Waals surface area contributed by atoms with Crippen LogP contribution in [0.4, 0.5) is 15.8 Å². The van der Waals surface area contributed by atoms with Crippen LogP contribution < -0.4 is 5.32 Å². The molecule has 160 valence electrons. The van der Waals surface area contributed by atoms with E-state index in [0.29, 0.717) is 17.0 Å². The lowest BCUT2D eigenvalue weighted by Gasteiger charge is -2.15. The van der Waals surface area contributed by atoms with E-state index in [1.165, 1.54) is 17.7 Å². The number of benzene rings is 2. The van der Waals surface area contributed by atoms with Gasteiger partial charge in [0.2, 0.25) is 5.91 Å². The number of rotatable bonds is 5. The molecule has 1 atom stereocenters. The van der Waals surface area contributed by atoms with Crippen LogP contribution in [0.15, 0.2) is 78.2 Å². The van der Waals surface area contributed by atoms with E-state index < -0.39 is 5.92 Å². The Morgan fingerprint density at radius 3 is 2.75 bits per heavy atom. The lowest BCUT2D eigenvalue weighted by Crippen LogP contribution is -2.22. The monoisotopic (exact) mass is 427 g/mol. The van der Waals surface area contributed by atoms with Crippen LogP contribution in [0.25, 0.3) is 5.65 Å². The summed E-state index contributed by atoms with van der Waals surface area (Å²) in [5.41, 5.74) is 5.32. The van der Waals surface area contributed by atoms with E-state index in [2.05, 4.69) is 15.2 Å². The highest BCUT2D eigenvalue weighted by molar-refractivity contribution is 6.24. The second-order valence-electron chi connectivity index (χ2n) is 8.17. The van der Waals surface area contributed by atoms with Crippen LogP contribution in [0.5, 0.6) is 0 Å². The Kier molecular flexibility index (Phi) is 5.03. The number of pyridine rings is 1. The first-order chi connectivity index (χ1) is 15.5. The number of halogens is 1. The van der Waals surface area contributed by atoms with Crippen LogP contribution in [0.1, 0.15) is 22.6 Å². The first-order valence-corrected chi connectivity index (χ1v) is 10.3. The molecule has 0 aliphatic carbocycles. The van der Waals surface area contributed by atoms with E-state index in [9.17, 15) is 9.18 Å². The minimum atomic E-state index is -0.645. The van der Waals surface area contributed by atoms with Crippen LogP contribution >= 0.6 is 0 Å². The molecule has 1 aliphatic rings. The lowest BCUT2D eigenvalue weighted by atomic mass is 9.91. The van der Waals surface area contributed by atoms with E-state index in [4.69, 9.17) is 4.99 Å². The third kappa shape index (κ3) is 3.78. The van der Waals surface area contributed by atoms with Crippen LogP contribution in [-0.4, -0.2) is 40.0 Å². The fraction of sp³-hybridized carbons (Fsp3) is 0.160. The minimum absolute atomic E-state index is 0.223. The number of carbonyl (C=O) groups excluding carboxylic acids is 1. The van der Waals surface area contributed by atoms with E-state index in [-0.39, 0.29) is 11.7 Å². The van der Waals surface area contributed by atoms with Crippen molar-refractivity contribution in [1.29, 1.82) is 0 Å². The summed E-state index contributed by atoms with van der Waals surface area (Å²) in [7, 11) is 4.05. The Morgan fingerprint density at radius 1 is 1.16 bits per heavy atom. The molecule has 7 heteroatoms. The fourth-order valence-corrected chi connectivity index (χ4v) is 4.05. The first kappa shape index (κ1) is 20.1. The number of carbonyl (C=O) groups is 1. The van der Waals surface area contributed by atoms with E-state index >= 15 is 0 Å². The predicted octanol–water partition coefficient (Wildman–Crippen LogP) is 4.39. The van der Waals surface area contributed by atoms with Crippen LogP contribution in [0, 0.1) is 5.82 Å². The van der Waals surface area contributed by atoms with Crippen molar-refractivity contribution in [3.8, 4) is 0 Å². The molecular weight excluding hydrogens is 405 g/mol. The molecule has 32 heavy (non-hydrogen) atoms. The maximum absolute atomic E-state index is 13.8. The number of aliphatic imine (C=N–C) groups is 1. The molecule has 1 N–H and O–H groups in total. The zero-order valence-electron chi connectivity index (χ0n) is 17.8. The standard InChI is InChI=1S/C25H22FN5O/c1-30(2)14-16-3-7-19(8-4-16)28-24(17-5-10-22-27-11-12-31(22)15-17)23-20-9-6-18(26)13-21(20)29-25(23)32/h3-13,15,23H,14H2,1-2H3,(H,29,32). The van der Waals surface area contributed by atoms with E-state index in [1.807, 2.05) is 67.3 Å². The summed E-state index contributed by atoms with van der Waals surface area (Å²) >= 11 is 0. The molecular formula is C25H22FN5O. The third-order valence-corrected chi connectivity index (χ3v) is 5.49. The summed E-state index contributed by atoms with van der Waals surface area (Å²) in [6.07, 6.45) is 5.49. The van der Waals surface area contributed by atoms with Crippen LogP contribution in [-0.2, 0) is 11.3 Å². The van der Waals surface area contributed by atoms with Gasteiger partial charge in [0.25, 0.3) is 0 Å². The number of nitrogens with zero attached hydrogens (tertiary/aromatic N) is 4. The Balaban J connectivity index is 1.63. The van der Waals surface area contributed by atoms with Gasteiger partial charge in [-0.3, -0.25) is 9.79 Å². The van der Waals surface area contributed by atoms with Gasteiger partial charge in [-0.15, -0.1) is 0 Å². The summed E-state index contributed by atoms with van der Waals surface area (Å²) in [4.78, 5) is 24.3. The zero-order valence-corrected chi connectivity index (χ0v) is 17.8. The molecule has 1 amide bonds. The van der Waals surface area contributed by atoms with Crippen molar-refractivity contribution in [2.45, 2.75) is 12.5 Å². The number of fused-ring (bicyclic) bond motifs is 2. The number of anilines is 1. The summed E-state index contributed by atoms with van der Waals surface area (Å²) in [6.45, 7) is 0.831. The van der Waals surface area contributed by atoms with E-state index in [0.717, 1.165) is 23.4 Å². The van der Waals surface area contributed by atoms with Gasteiger partial charge in [-0.1, -0.05) is 18.2 Å². The minimum Gasteiger partial charge on any atom is -0.325 e. The fourth-order valence-electron chi connectivity index (χ4n) is 4.05. The number of amides is 1. The summed E-state index contributed by atoms with van der Waals surface area (Å²) in [5, 5.41) is 2.80. The largest absolute Gasteiger partial charge is 0.325 e. The molecule has 6 nitrogen and oxygen atoms in total. The van der Waals surface area contributed by atoms with Gasteiger partial charge in [-0.2, -0.15) is 0 Å². The third-order valence-electron chi connectivity index (χ3n) is 5.49. The summed E-state index contributed by atoms with van der Waals surface area (Å²) in [5.74, 6) is -1.26. The normalized spacial score (nSPS) is 15.9. The van der Waals surface area contributed by atoms with Gasteiger partial charge in [0.1, 0.15) is 17.4 Å². The number of hydrogen-bond donors (Lipinski definition) is 1. The molecule has 0 radical (unpaired) electrons. The van der Waals surface area contributed by atoms with Crippen LogP contribution in [0.3, 0.4) is 0 Å². The van der Waals surface area contributed by atoms with Gasteiger partial charge in [0.05, 0.1) is 11.4 Å². The highest BCUT2D eigenvalue weighted by Gasteiger charge is 2.35. The molecule has 1 unspecified atom stereocenters. The highest BCUT2D eigenvalue weighted by Crippen LogP contribution is 2.36. The van der Waals surface area contributed by atoms with Crippen molar-refractivity contribution < 1.29 is 9.18 Å². The van der Waals surface area contributed by atoms with Crippen molar-refractivity contribution in [2.24, 2.45) is 4.99 Å². The molecule has 0 saturated carbocycles. The molecule has 0 fully saturated rings. The first-order valence-electron chi connectivity index (χ1n) is 10.3. The number of nitrogens with one attached hydrogen (secondary N) is 1. The second kappa shape index (κ2) is 8.01. The zero-order chi connectivity index (χ0) is 22.2. The Hall–Kier alpha value is -3.84. The highest BCUT2D eigenvalue weighted by atomic mass is 19.1. The maximum atomic E-state index is 13.8. The average Bonchev–Trinajstić information content (AvgIpc) is 3.35. The molecule has 2 aromatic heterocycles. The topological polar surface area (TPSA) is 62.0 Å². The smallest absolute Gasteiger partial charge is 0.238 e. The van der Waals surface area contributed by atoms with Gasteiger partial charge >= 0.3 is 0 Å². The lowest BCUT2D eigenvalue weighted by molar-refractivity contribution is -0.115. The Morgan fingerprint density at radius 2 is 1.97 bits per heavy atom. The maximum Gasteiger partial charge on any atom is 0.238 e. The van der Waals surface area contributed by atoms with E-state index in [1.54, 1.807) is 12.3 Å². The molecule has 0 bridgehead atoms. The van der Waals surface area contributed by atoms with Crippen molar-refractivity contribution in [3.63, 3.8) is 0 Å². The molecule has 5 rings (SSSR count). The van der Waals surface area contributed by atoms with Crippen molar-refractivity contribution in [1.82, 2.24) is 14.3 Å². The quantitative estimate of drug-likeness (QED) is 0.481. The molecule has 2 aromatic carbocycles. The number of hydrogen-bond acceptors (Lipinski definition) is 4. The summed E-state index contributed by atoms with van der Waals surface area (Å²) in [6, 6.07) is 16.2. The van der Waals surface area contributed by atoms with Crippen molar-refractivity contribution in [3.05, 3.63) is 95.7 Å².